The molecule has 3 aromatic carbocycles. The topological polar surface area (TPSA) is 88.5 Å². The number of carboxylic acids is 1. The third kappa shape index (κ3) is 5.15. The largest absolute Gasteiger partial charge is 0.478 e. The lowest BCUT2D eigenvalue weighted by molar-refractivity contribution is 0.0697. The average Bonchev–Trinajstić information content (AvgIpc) is 3.58. The number of aromatic nitrogens is 1. The fourth-order valence-corrected chi connectivity index (χ4v) is 5.14. The van der Waals surface area contributed by atoms with Crippen molar-refractivity contribution in [3.63, 3.8) is 0 Å². The number of carboxylic acid groups (broad SMARTS) is 1. The van der Waals surface area contributed by atoms with Crippen molar-refractivity contribution in [2.75, 3.05) is 13.2 Å². The number of nitrogens with zero attached hydrogens (tertiary/aromatic N) is 1. The lowest BCUT2D eigenvalue weighted by atomic mass is 9.96. The highest BCUT2D eigenvalue weighted by molar-refractivity contribution is 7.13. The Morgan fingerprint density at radius 3 is 2.42 bits per heavy atom. The maximum atomic E-state index is 12.5. The molecule has 1 aliphatic rings. The van der Waals surface area contributed by atoms with E-state index in [4.69, 9.17) is 27.9 Å². The summed E-state index contributed by atoms with van der Waals surface area (Å²) >= 11 is 13.6. The second-order valence-corrected chi connectivity index (χ2v) is 10.0. The smallest absolute Gasteiger partial charge is 0.336 e. The highest BCUT2D eigenvalue weighted by atomic mass is 35.5. The van der Waals surface area contributed by atoms with Crippen molar-refractivity contribution in [2.24, 2.45) is 0 Å². The quantitative estimate of drug-likeness (QED) is 0.286. The summed E-state index contributed by atoms with van der Waals surface area (Å²) in [5, 5.41) is 16.4. The Morgan fingerprint density at radius 1 is 0.972 bits per heavy atom. The van der Waals surface area contributed by atoms with Gasteiger partial charge < -0.3 is 15.2 Å². The number of benzene rings is 3. The van der Waals surface area contributed by atoms with Crippen molar-refractivity contribution >= 4 is 46.4 Å². The van der Waals surface area contributed by atoms with Crippen LogP contribution in [0.4, 0.5) is 0 Å². The predicted octanol–water partition coefficient (Wildman–Crippen LogP) is 6.67. The zero-order chi connectivity index (χ0) is 25.2. The first-order valence-corrected chi connectivity index (χ1v) is 12.8. The third-order valence-electron chi connectivity index (χ3n) is 5.94. The van der Waals surface area contributed by atoms with Gasteiger partial charge in [0, 0.05) is 28.7 Å². The number of nitrogens with one attached hydrogen (secondary N) is 1. The van der Waals surface area contributed by atoms with Gasteiger partial charge in [-0.05, 0) is 47.9 Å². The summed E-state index contributed by atoms with van der Waals surface area (Å²) in [6.45, 7) is 1.17. The molecule has 36 heavy (non-hydrogen) atoms. The minimum Gasteiger partial charge on any atom is -0.478 e. The molecule has 1 atom stereocenters. The first kappa shape index (κ1) is 24.5. The zero-order valence-electron chi connectivity index (χ0n) is 18.8. The van der Waals surface area contributed by atoms with Crippen molar-refractivity contribution < 1.29 is 19.4 Å². The van der Waals surface area contributed by atoms with E-state index in [1.54, 1.807) is 48.5 Å². The van der Waals surface area contributed by atoms with Gasteiger partial charge in [0.05, 0.1) is 34.0 Å². The van der Waals surface area contributed by atoms with Crippen LogP contribution in [0.3, 0.4) is 0 Å². The zero-order valence-corrected chi connectivity index (χ0v) is 21.2. The monoisotopic (exact) mass is 538 g/mol. The van der Waals surface area contributed by atoms with Gasteiger partial charge in [-0.15, -0.1) is 11.3 Å². The summed E-state index contributed by atoms with van der Waals surface area (Å²) < 4.78 is 5.30. The molecule has 4 aromatic rings. The molecule has 0 bridgehead atoms. The fraction of sp³-hybridized carbons (Fsp3) is 0.148. The highest BCUT2D eigenvalue weighted by Crippen LogP contribution is 2.34. The van der Waals surface area contributed by atoms with E-state index in [9.17, 15) is 14.7 Å². The SMILES string of the molecule is O=C(NC1CCOC1)c1ccc(-c2ccc(-c3nc(-c4ccc(Cl)c(Cl)c4)cs3)cc2C(=O)O)cc1. The lowest BCUT2D eigenvalue weighted by Crippen LogP contribution is -2.34. The van der Waals surface area contributed by atoms with Gasteiger partial charge in [0.15, 0.2) is 0 Å². The molecule has 1 unspecified atom stereocenters. The number of aromatic carboxylic acids is 1. The number of hydrogen-bond donors (Lipinski definition) is 2. The van der Waals surface area contributed by atoms with Crippen molar-refractivity contribution in [3.05, 3.63) is 87.2 Å². The minimum absolute atomic E-state index is 0.0198. The van der Waals surface area contributed by atoms with Crippen LogP contribution < -0.4 is 5.32 Å². The Balaban J connectivity index is 1.40. The minimum atomic E-state index is -1.05. The van der Waals surface area contributed by atoms with Gasteiger partial charge in [-0.3, -0.25) is 4.79 Å². The van der Waals surface area contributed by atoms with Gasteiger partial charge in [0.25, 0.3) is 5.91 Å². The molecule has 1 saturated heterocycles. The van der Waals surface area contributed by atoms with Crippen LogP contribution >= 0.6 is 34.5 Å². The summed E-state index contributed by atoms with van der Waals surface area (Å²) in [4.78, 5) is 29.3. The maximum Gasteiger partial charge on any atom is 0.336 e. The number of amides is 1. The molecular weight excluding hydrogens is 519 g/mol. The first-order chi connectivity index (χ1) is 17.4. The molecule has 0 saturated carbocycles. The summed E-state index contributed by atoms with van der Waals surface area (Å²) in [5.41, 5.74) is 4.18. The fourth-order valence-electron chi connectivity index (χ4n) is 4.02. The molecule has 1 aromatic heterocycles. The van der Waals surface area contributed by atoms with Crippen LogP contribution in [0.1, 0.15) is 27.1 Å². The van der Waals surface area contributed by atoms with Crippen molar-refractivity contribution in [2.45, 2.75) is 12.5 Å². The number of halogens is 2. The standard InChI is InChI=1S/C27H20Cl2N2O4S/c28-22-8-6-17(12-23(22)29)24-14-36-26(31-24)18-5-7-20(21(11-18)27(33)34)15-1-3-16(4-2-15)25(32)30-19-9-10-35-13-19/h1-8,11-12,14,19H,9-10,13H2,(H,30,32)(H,33,34). The molecule has 1 amide bonds. The second kappa shape index (κ2) is 10.4. The van der Waals surface area contributed by atoms with E-state index >= 15 is 0 Å². The van der Waals surface area contributed by atoms with Crippen LogP contribution in [-0.2, 0) is 4.74 Å². The van der Waals surface area contributed by atoms with Crippen LogP contribution in [0.25, 0.3) is 33.0 Å². The molecule has 182 valence electrons. The number of hydrogen-bond acceptors (Lipinski definition) is 5. The maximum absolute atomic E-state index is 12.5. The van der Waals surface area contributed by atoms with E-state index in [0.29, 0.717) is 50.5 Å². The number of carbonyl (C=O) groups is 2. The molecule has 2 heterocycles. The predicted molar refractivity (Wildman–Crippen MR) is 142 cm³/mol. The van der Waals surface area contributed by atoms with Gasteiger partial charge in [0.2, 0.25) is 0 Å². The summed E-state index contributed by atoms with van der Waals surface area (Å²) in [5.74, 6) is -1.22. The molecule has 0 aliphatic carbocycles. The molecular formula is C27H20Cl2N2O4S. The molecule has 0 radical (unpaired) electrons. The normalized spacial score (nSPS) is 15.1. The van der Waals surface area contributed by atoms with E-state index in [2.05, 4.69) is 10.3 Å². The highest BCUT2D eigenvalue weighted by Gasteiger charge is 2.19. The molecule has 5 rings (SSSR count). The van der Waals surface area contributed by atoms with Crippen molar-refractivity contribution in [1.82, 2.24) is 10.3 Å². The van der Waals surface area contributed by atoms with Gasteiger partial charge in [-0.1, -0.05) is 53.5 Å². The van der Waals surface area contributed by atoms with Crippen LogP contribution in [0.5, 0.6) is 0 Å². The number of carbonyl (C=O) groups excluding carboxylic acids is 1. The van der Waals surface area contributed by atoms with Crippen molar-refractivity contribution in [3.8, 4) is 33.0 Å². The van der Waals surface area contributed by atoms with Crippen LogP contribution in [0.2, 0.25) is 10.0 Å². The Labute approximate surface area is 221 Å². The summed E-state index contributed by atoms with van der Waals surface area (Å²) in [6.07, 6.45) is 0.798. The van der Waals surface area contributed by atoms with Crippen LogP contribution in [-0.4, -0.2) is 41.2 Å². The van der Waals surface area contributed by atoms with Gasteiger partial charge in [-0.25, -0.2) is 9.78 Å². The van der Waals surface area contributed by atoms with Crippen LogP contribution in [0.15, 0.2) is 66.0 Å². The van der Waals surface area contributed by atoms with Crippen LogP contribution in [0, 0.1) is 0 Å². The van der Waals surface area contributed by atoms with Crippen molar-refractivity contribution in [1.29, 1.82) is 0 Å². The molecule has 6 nitrogen and oxygen atoms in total. The van der Waals surface area contributed by atoms with Gasteiger partial charge in [-0.2, -0.15) is 0 Å². The molecule has 9 heteroatoms. The van der Waals surface area contributed by atoms with E-state index < -0.39 is 5.97 Å². The summed E-state index contributed by atoms with van der Waals surface area (Å²) in [6, 6.07) is 17.5. The van der Waals surface area contributed by atoms with Gasteiger partial charge in [0.1, 0.15) is 5.01 Å². The number of rotatable bonds is 6. The molecule has 1 aliphatic heterocycles. The molecule has 1 fully saturated rings. The second-order valence-electron chi connectivity index (χ2n) is 8.34. The third-order valence-corrected chi connectivity index (χ3v) is 7.57. The Bertz CT molecular complexity index is 1450. The Hall–Kier alpha value is -3.23. The first-order valence-electron chi connectivity index (χ1n) is 11.2. The molecule has 2 N–H and O–H groups in total. The average molecular weight is 539 g/mol. The van der Waals surface area contributed by atoms with E-state index in [-0.39, 0.29) is 17.5 Å². The lowest BCUT2D eigenvalue weighted by Gasteiger charge is -2.12. The Kier molecular flexibility index (Phi) is 7.07. The van der Waals surface area contributed by atoms with E-state index in [1.807, 2.05) is 17.5 Å². The number of ether oxygens (including phenoxy) is 1. The summed E-state index contributed by atoms with van der Waals surface area (Å²) in [7, 11) is 0. The Morgan fingerprint density at radius 2 is 1.72 bits per heavy atom. The number of thiazole rings is 1. The molecule has 0 spiro atoms. The van der Waals surface area contributed by atoms with E-state index in [1.165, 1.54) is 11.3 Å². The van der Waals surface area contributed by atoms with E-state index in [0.717, 1.165) is 17.7 Å². The van der Waals surface area contributed by atoms with Gasteiger partial charge >= 0.3 is 5.97 Å².